The van der Waals surface area contributed by atoms with Gasteiger partial charge in [-0.25, -0.2) is 8.42 Å². The lowest BCUT2D eigenvalue weighted by Gasteiger charge is -2.24. The second-order valence-corrected chi connectivity index (χ2v) is 8.86. The lowest BCUT2D eigenvalue weighted by molar-refractivity contribution is -0.114. The van der Waals surface area contributed by atoms with Gasteiger partial charge in [-0.3, -0.25) is 4.79 Å². The van der Waals surface area contributed by atoms with Crippen molar-refractivity contribution in [1.82, 2.24) is 14.1 Å². The Kier molecular flexibility index (Phi) is 9.21. The molecule has 7 nitrogen and oxygen atoms in total. The molecule has 8 heteroatoms. The molecule has 0 atom stereocenters. The van der Waals surface area contributed by atoms with E-state index >= 15 is 0 Å². The summed E-state index contributed by atoms with van der Waals surface area (Å²) in [7, 11) is 4.35. The van der Waals surface area contributed by atoms with Gasteiger partial charge in [-0.05, 0) is 78.4 Å². The van der Waals surface area contributed by atoms with E-state index in [0.29, 0.717) is 18.8 Å². The van der Waals surface area contributed by atoms with Crippen molar-refractivity contribution in [2.24, 2.45) is 0 Å². The molecule has 1 aromatic carbocycles. The van der Waals surface area contributed by atoms with Crippen molar-refractivity contribution in [2.45, 2.75) is 24.7 Å². The Hall–Kier alpha value is -1.48. The number of benzene rings is 1. The van der Waals surface area contributed by atoms with Crippen LogP contribution in [0.5, 0.6) is 0 Å². The van der Waals surface area contributed by atoms with E-state index < -0.39 is 10.0 Å². The fourth-order valence-electron chi connectivity index (χ4n) is 2.54. The fraction of sp³-hybridized carbons (Fsp3) is 0.611. The third-order valence-corrected chi connectivity index (χ3v) is 5.75. The highest BCUT2D eigenvalue weighted by Crippen LogP contribution is 2.19. The SMILES string of the molecule is CC(=O)Nc1ccc(S(=O)(=O)N(CCCN(C)C)CCCN(C)C)cc1. The van der Waals surface area contributed by atoms with E-state index in [1.165, 1.54) is 6.92 Å². The van der Waals surface area contributed by atoms with Gasteiger partial charge in [-0.15, -0.1) is 0 Å². The smallest absolute Gasteiger partial charge is 0.243 e. The number of anilines is 1. The molecule has 1 rings (SSSR count). The van der Waals surface area contributed by atoms with Crippen molar-refractivity contribution in [3.8, 4) is 0 Å². The summed E-state index contributed by atoms with van der Waals surface area (Å²) in [5.41, 5.74) is 0.586. The average molecular weight is 385 g/mol. The number of amides is 1. The average Bonchev–Trinajstić information content (AvgIpc) is 2.52. The maximum absolute atomic E-state index is 13.0. The largest absolute Gasteiger partial charge is 0.326 e. The zero-order valence-corrected chi connectivity index (χ0v) is 17.3. The molecule has 0 unspecified atom stereocenters. The first-order valence-corrected chi connectivity index (χ1v) is 10.2. The van der Waals surface area contributed by atoms with Crippen LogP contribution in [0.3, 0.4) is 0 Å². The van der Waals surface area contributed by atoms with Gasteiger partial charge in [0.2, 0.25) is 15.9 Å². The number of sulfonamides is 1. The maximum atomic E-state index is 13.0. The van der Waals surface area contributed by atoms with E-state index in [4.69, 9.17) is 0 Å². The van der Waals surface area contributed by atoms with Gasteiger partial charge < -0.3 is 15.1 Å². The predicted molar refractivity (Wildman–Crippen MR) is 106 cm³/mol. The summed E-state index contributed by atoms with van der Waals surface area (Å²) in [6.07, 6.45) is 1.55. The molecule has 0 aliphatic heterocycles. The Balaban J connectivity index is 2.90. The number of hydrogen-bond donors (Lipinski definition) is 1. The van der Waals surface area contributed by atoms with E-state index in [-0.39, 0.29) is 10.8 Å². The minimum absolute atomic E-state index is 0.186. The lowest BCUT2D eigenvalue weighted by atomic mass is 10.3. The molecule has 0 fully saturated rings. The molecule has 0 heterocycles. The van der Waals surface area contributed by atoms with Crippen LogP contribution in [0.15, 0.2) is 29.2 Å². The summed E-state index contributed by atoms with van der Waals surface area (Å²) in [4.78, 5) is 15.5. The molecule has 1 aromatic rings. The predicted octanol–water partition coefficient (Wildman–Crippen LogP) is 1.54. The first kappa shape index (κ1) is 22.6. The van der Waals surface area contributed by atoms with Crippen molar-refractivity contribution < 1.29 is 13.2 Å². The van der Waals surface area contributed by atoms with Crippen molar-refractivity contribution in [3.05, 3.63) is 24.3 Å². The topological polar surface area (TPSA) is 73.0 Å². The molecule has 1 N–H and O–H groups in total. The maximum Gasteiger partial charge on any atom is 0.243 e. The Morgan fingerprint density at radius 1 is 0.885 bits per heavy atom. The summed E-state index contributed by atoms with van der Waals surface area (Å²) in [6.45, 7) is 4.06. The molecular weight excluding hydrogens is 352 g/mol. The molecule has 0 spiro atoms. The van der Waals surface area contributed by atoms with Gasteiger partial charge in [0.1, 0.15) is 0 Å². The molecule has 0 aliphatic carbocycles. The number of nitrogens with one attached hydrogen (secondary N) is 1. The van der Waals surface area contributed by atoms with Crippen LogP contribution in [0.1, 0.15) is 19.8 Å². The van der Waals surface area contributed by atoms with Crippen LogP contribution in [-0.4, -0.2) is 82.8 Å². The van der Waals surface area contributed by atoms with Crippen molar-refractivity contribution in [1.29, 1.82) is 0 Å². The van der Waals surface area contributed by atoms with Crippen LogP contribution in [0.2, 0.25) is 0 Å². The normalized spacial score (nSPS) is 12.2. The minimum Gasteiger partial charge on any atom is -0.326 e. The minimum atomic E-state index is -3.56. The summed E-state index contributed by atoms with van der Waals surface area (Å²) in [5, 5.41) is 2.65. The van der Waals surface area contributed by atoms with Crippen LogP contribution >= 0.6 is 0 Å². The molecule has 0 bridgehead atoms. The van der Waals surface area contributed by atoms with Crippen LogP contribution in [0.25, 0.3) is 0 Å². The number of hydrogen-bond acceptors (Lipinski definition) is 5. The van der Waals surface area contributed by atoms with E-state index in [9.17, 15) is 13.2 Å². The quantitative estimate of drug-likeness (QED) is 0.626. The fourth-order valence-corrected chi connectivity index (χ4v) is 4.06. The summed E-state index contributed by atoms with van der Waals surface area (Å²) < 4.78 is 27.6. The molecule has 0 aromatic heterocycles. The van der Waals surface area contributed by atoms with Crippen molar-refractivity contribution in [2.75, 3.05) is 59.7 Å². The second-order valence-electron chi connectivity index (χ2n) is 6.92. The van der Waals surface area contributed by atoms with Gasteiger partial charge in [-0.2, -0.15) is 4.31 Å². The van der Waals surface area contributed by atoms with Gasteiger partial charge in [0, 0.05) is 25.7 Å². The van der Waals surface area contributed by atoms with Crippen LogP contribution in [0.4, 0.5) is 5.69 Å². The highest BCUT2D eigenvalue weighted by Gasteiger charge is 2.23. The number of carbonyl (C=O) groups excluding carboxylic acids is 1. The number of carbonyl (C=O) groups is 1. The highest BCUT2D eigenvalue weighted by atomic mass is 32.2. The van der Waals surface area contributed by atoms with Crippen LogP contribution in [-0.2, 0) is 14.8 Å². The first-order valence-electron chi connectivity index (χ1n) is 8.80. The highest BCUT2D eigenvalue weighted by molar-refractivity contribution is 7.89. The van der Waals surface area contributed by atoms with E-state index in [1.54, 1.807) is 28.6 Å². The summed E-state index contributed by atoms with van der Waals surface area (Å²) >= 11 is 0. The molecule has 1 amide bonds. The van der Waals surface area contributed by atoms with E-state index in [0.717, 1.165) is 25.9 Å². The summed E-state index contributed by atoms with van der Waals surface area (Å²) in [6, 6.07) is 6.33. The van der Waals surface area contributed by atoms with Crippen molar-refractivity contribution >= 4 is 21.6 Å². The van der Waals surface area contributed by atoms with Gasteiger partial charge in [0.05, 0.1) is 4.90 Å². The standard InChI is InChI=1S/C18H32N4O3S/c1-16(23)19-17-8-10-18(11-9-17)26(24,25)22(14-6-12-20(2)3)15-7-13-21(4)5/h8-11H,6-7,12-15H2,1-5H3,(H,19,23). The third kappa shape index (κ3) is 7.82. The van der Waals surface area contributed by atoms with E-state index in [2.05, 4.69) is 5.32 Å². The monoisotopic (exact) mass is 384 g/mol. The number of rotatable bonds is 11. The molecule has 148 valence electrons. The zero-order valence-electron chi connectivity index (χ0n) is 16.5. The van der Waals surface area contributed by atoms with Gasteiger partial charge in [0.25, 0.3) is 0 Å². The van der Waals surface area contributed by atoms with Gasteiger partial charge in [-0.1, -0.05) is 0 Å². The molecule has 0 saturated heterocycles. The Bertz CT molecular complexity index is 644. The van der Waals surface area contributed by atoms with Gasteiger partial charge >= 0.3 is 0 Å². The second kappa shape index (κ2) is 10.6. The van der Waals surface area contributed by atoms with Crippen LogP contribution < -0.4 is 5.32 Å². The van der Waals surface area contributed by atoms with E-state index in [1.807, 2.05) is 38.0 Å². The Morgan fingerprint density at radius 3 is 1.73 bits per heavy atom. The molecule has 0 aliphatic rings. The zero-order chi connectivity index (χ0) is 19.7. The molecule has 26 heavy (non-hydrogen) atoms. The molecular formula is C18H32N4O3S. The summed E-state index contributed by atoms with van der Waals surface area (Å²) in [5.74, 6) is -0.186. The third-order valence-electron chi connectivity index (χ3n) is 3.84. The Morgan fingerprint density at radius 2 is 1.35 bits per heavy atom. The van der Waals surface area contributed by atoms with Crippen LogP contribution in [0, 0.1) is 0 Å². The first-order chi connectivity index (χ1) is 12.1. The lowest BCUT2D eigenvalue weighted by Crippen LogP contribution is -2.35. The van der Waals surface area contributed by atoms with Crippen molar-refractivity contribution in [3.63, 3.8) is 0 Å². The van der Waals surface area contributed by atoms with Gasteiger partial charge in [0.15, 0.2) is 0 Å². The number of nitrogens with zero attached hydrogens (tertiary/aromatic N) is 3. The Labute approximate surface area is 158 Å². The molecule has 0 saturated carbocycles. The molecule has 0 radical (unpaired) electrons.